The van der Waals surface area contributed by atoms with Crippen molar-refractivity contribution < 1.29 is 41.8 Å². The highest BCUT2D eigenvalue weighted by Crippen LogP contribution is 2.30. The molecule has 14 heteroatoms. The van der Waals surface area contributed by atoms with E-state index < -0.39 is 55.1 Å². The zero-order valence-electron chi connectivity index (χ0n) is 23.2. The molecule has 4 rings (SSSR count). The van der Waals surface area contributed by atoms with Gasteiger partial charge in [0, 0.05) is 26.1 Å². The summed E-state index contributed by atoms with van der Waals surface area (Å²) < 4.78 is 57.6. The second-order valence-electron chi connectivity index (χ2n) is 11.0. The molecule has 41 heavy (non-hydrogen) atoms. The zero-order valence-corrected chi connectivity index (χ0v) is 23.2. The van der Waals surface area contributed by atoms with Gasteiger partial charge in [-0.1, -0.05) is 6.07 Å². The number of hydrogen-bond acceptors (Lipinski definition) is 9. The number of esters is 2. The number of rotatable bonds is 9. The van der Waals surface area contributed by atoms with Crippen LogP contribution in [0.5, 0.6) is 5.75 Å². The van der Waals surface area contributed by atoms with Crippen molar-refractivity contribution in [1.82, 2.24) is 14.6 Å². The van der Waals surface area contributed by atoms with Crippen LogP contribution in [-0.2, 0) is 43.2 Å². The van der Waals surface area contributed by atoms with Crippen molar-refractivity contribution in [2.24, 2.45) is 11.3 Å². The molecule has 0 radical (unpaired) electrons. The molecular formula is C27H34F3N5O6. The molecule has 3 heterocycles. The molecule has 2 N–H and O–H groups in total. The molecular weight excluding hydrogens is 547 g/mol. The second kappa shape index (κ2) is 12.3. The van der Waals surface area contributed by atoms with E-state index in [4.69, 9.17) is 14.2 Å². The quantitative estimate of drug-likeness (QED) is 0.340. The van der Waals surface area contributed by atoms with Crippen molar-refractivity contribution in [2.45, 2.75) is 52.8 Å². The highest BCUT2D eigenvalue weighted by Gasteiger charge is 2.38. The molecule has 1 aromatic carbocycles. The minimum Gasteiger partial charge on any atom is -0.493 e. The summed E-state index contributed by atoms with van der Waals surface area (Å²) in [5.74, 6) is -2.16. The van der Waals surface area contributed by atoms with Gasteiger partial charge >= 0.3 is 18.1 Å². The number of aromatic nitrogens is 2. The van der Waals surface area contributed by atoms with Gasteiger partial charge in [0.15, 0.2) is 0 Å². The van der Waals surface area contributed by atoms with Crippen LogP contribution in [-0.4, -0.2) is 71.6 Å². The van der Waals surface area contributed by atoms with Gasteiger partial charge in [-0.15, -0.1) is 0 Å². The molecule has 1 atom stereocenters. The molecule has 0 saturated carbocycles. The first-order valence-electron chi connectivity index (χ1n) is 13.3. The van der Waals surface area contributed by atoms with Crippen LogP contribution in [0.25, 0.3) is 0 Å². The number of halogens is 3. The third kappa shape index (κ3) is 8.27. The predicted molar refractivity (Wildman–Crippen MR) is 140 cm³/mol. The lowest BCUT2D eigenvalue weighted by atomic mass is 9.94. The number of anilines is 1. The summed E-state index contributed by atoms with van der Waals surface area (Å²) in [7, 11) is 0. The smallest absolute Gasteiger partial charge is 0.406 e. The zero-order chi connectivity index (χ0) is 29.8. The highest BCUT2D eigenvalue weighted by atomic mass is 19.4. The first kappa shape index (κ1) is 30.0. The molecule has 11 nitrogen and oxygen atoms in total. The molecule has 2 aliphatic heterocycles. The summed E-state index contributed by atoms with van der Waals surface area (Å²) in [4.78, 5) is 42.6. The van der Waals surface area contributed by atoms with Gasteiger partial charge in [-0.25, -0.2) is 9.66 Å². The van der Waals surface area contributed by atoms with E-state index in [0.29, 0.717) is 28.2 Å². The Morgan fingerprint density at radius 3 is 2.61 bits per heavy atom. The van der Waals surface area contributed by atoms with Crippen LogP contribution in [0.1, 0.15) is 44.0 Å². The number of carbonyl (C=O) groups is 3. The van der Waals surface area contributed by atoms with E-state index in [1.165, 1.54) is 0 Å². The van der Waals surface area contributed by atoms with Crippen LogP contribution in [0.4, 0.5) is 19.1 Å². The summed E-state index contributed by atoms with van der Waals surface area (Å²) in [6, 6.07) is 5.01. The SMILES string of the molecule is CC(C)(C)C(=O)OCOC(=O)CC1Cc2ccc(OCCc3cn4c(n3)NCCN4)cc2CN(CC(F)(F)F)C1=O. The largest absolute Gasteiger partial charge is 0.493 e. The number of ether oxygens (including phenoxy) is 3. The molecule has 1 aromatic heterocycles. The van der Waals surface area contributed by atoms with Gasteiger partial charge in [0.1, 0.15) is 12.3 Å². The molecule has 224 valence electrons. The number of fused-ring (bicyclic) bond motifs is 2. The van der Waals surface area contributed by atoms with Crippen molar-refractivity contribution in [1.29, 1.82) is 0 Å². The van der Waals surface area contributed by atoms with Crippen molar-refractivity contribution in [3.05, 3.63) is 41.2 Å². The summed E-state index contributed by atoms with van der Waals surface area (Å²) in [5, 5.41) is 3.18. The molecule has 2 aromatic rings. The van der Waals surface area contributed by atoms with E-state index in [2.05, 4.69) is 15.7 Å². The van der Waals surface area contributed by atoms with Crippen LogP contribution >= 0.6 is 0 Å². The average Bonchev–Trinajstić information content (AvgIpc) is 3.25. The fourth-order valence-electron chi connectivity index (χ4n) is 4.49. The fraction of sp³-hybridized carbons (Fsp3) is 0.556. The Hall–Kier alpha value is -3.97. The number of carbonyl (C=O) groups excluding carboxylic acids is 3. The number of alkyl halides is 3. The van der Waals surface area contributed by atoms with E-state index in [1.54, 1.807) is 43.6 Å². The maximum Gasteiger partial charge on any atom is 0.406 e. The Kier molecular flexibility index (Phi) is 8.98. The van der Waals surface area contributed by atoms with Crippen LogP contribution in [0, 0.1) is 11.3 Å². The molecule has 0 spiro atoms. The third-order valence-corrected chi connectivity index (χ3v) is 6.54. The minimum atomic E-state index is -4.63. The maximum absolute atomic E-state index is 13.4. The lowest BCUT2D eigenvalue weighted by Crippen LogP contribution is -2.41. The lowest BCUT2D eigenvalue weighted by molar-refractivity contribution is -0.175. The molecule has 0 bridgehead atoms. The molecule has 1 amide bonds. The summed E-state index contributed by atoms with van der Waals surface area (Å²) in [6.07, 6.45) is -2.68. The van der Waals surface area contributed by atoms with Gasteiger partial charge in [-0.2, -0.15) is 13.2 Å². The van der Waals surface area contributed by atoms with Crippen molar-refractivity contribution in [2.75, 3.05) is 43.8 Å². The summed E-state index contributed by atoms with van der Waals surface area (Å²) in [5.41, 5.74) is 4.31. The number of hydrogen-bond donors (Lipinski definition) is 2. The van der Waals surface area contributed by atoms with E-state index in [1.807, 2.05) is 6.20 Å². The second-order valence-corrected chi connectivity index (χ2v) is 11.0. The van der Waals surface area contributed by atoms with Crippen LogP contribution < -0.4 is 15.5 Å². The number of nitrogens with one attached hydrogen (secondary N) is 2. The van der Waals surface area contributed by atoms with E-state index in [0.717, 1.165) is 24.7 Å². The normalized spacial score (nSPS) is 17.0. The summed E-state index contributed by atoms with van der Waals surface area (Å²) in [6.45, 7) is 4.33. The van der Waals surface area contributed by atoms with Crippen LogP contribution in [0.3, 0.4) is 0 Å². The average molecular weight is 582 g/mol. The standard InChI is InChI=1S/C27H34F3N5O6/c1-26(2,3)24(38)41-16-40-22(36)12-18-10-17-4-5-21(11-19(17)13-34(23(18)37)15-27(28,29)30)39-9-6-20-14-35-25(33-20)31-7-8-32-35/h4-5,11,14,18,32H,6-10,12-13,15-16H2,1-3H3,(H,31,33). The number of benzene rings is 1. The van der Waals surface area contributed by atoms with E-state index in [-0.39, 0.29) is 19.6 Å². The number of nitrogens with zero attached hydrogens (tertiary/aromatic N) is 3. The van der Waals surface area contributed by atoms with E-state index >= 15 is 0 Å². The summed E-state index contributed by atoms with van der Waals surface area (Å²) >= 11 is 0. The van der Waals surface area contributed by atoms with Crippen molar-refractivity contribution in [3.63, 3.8) is 0 Å². The molecule has 0 fully saturated rings. The monoisotopic (exact) mass is 581 g/mol. The first-order chi connectivity index (χ1) is 19.3. The van der Waals surface area contributed by atoms with Crippen molar-refractivity contribution >= 4 is 23.8 Å². The molecule has 2 aliphatic rings. The fourth-order valence-corrected chi connectivity index (χ4v) is 4.49. The van der Waals surface area contributed by atoms with Crippen molar-refractivity contribution in [3.8, 4) is 5.75 Å². The Labute approximate surface area is 235 Å². The minimum absolute atomic E-state index is 0.0416. The Balaban J connectivity index is 1.41. The number of imidazole rings is 1. The maximum atomic E-state index is 13.4. The van der Waals surface area contributed by atoms with E-state index in [9.17, 15) is 27.6 Å². The Morgan fingerprint density at radius 1 is 1.12 bits per heavy atom. The van der Waals surface area contributed by atoms with Gasteiger partial charge in [-0.3, -0.25) is 14.4 Å². The Bertz CT molecular complexity index is 1250. The van der Waals surface area contributed by atoms with Gasteiger partial charge < -0.3 is 29.9 Å². The highest BCUT2D eigenvalue weighted by molar-refractivity contribution is 5.85. The number of amides is 1. The molecule has 0 aliphatic carbocycles. The lowest BCUT2D eigenvalue weighted by Gasteiger charge is -2.25. The van der Waals surface area contributed by atoms with Gasteiger partial charge in [-0.05, 0) is 50.5 Å². The topological polar surface area (TPSA) is 124 Å². The molecule has 0 saturated heterocycles. The van der Waals surface area contributed by atoms with Gasteiger partial charge in [0.25, 0.3) is 0 Å². The Morgan fingerprint density at radius 2 is 1.90 bits per heavy atom. The predicted octanol–water partition coefficient (Wildman–Crippen LogP) is 3.02. The third-order valence-electron chi connectivity index (χ3n) is 6.54. The first-order valence-corrected chi connectivity index (χ1v) is 13.3. The molecule has 1 unspecified atom stereocenters. The van der Waals surface area contributed by atoms with Crippen LogP contribution in [0.2, 0.25) is 0 Å². The van der Waals surface area contributed by atoms with Gasteiger partial charge in [0.2, 0.25) is 18.6 Å². The van der Waals surface area contributed by atoms with Gasteiger partial charge in [0.05, 0.1) is 36.3 Å². The van der Waals surface area contributed by atoms with Crippen LogP contribution in [0.15, 0.2) is 24.4 Å².